The summed E-state index contributed by atoms with van der Waals surface area (Å²) in [6, 6.07) is 14.5. The Kier molecular flexibility index (Phi) is 7.74. The molecule has 0 aliphatic heterocycles. The van der Waals surface area contributed by atoms with Crippen molar-refractivity contribution in [1.29, 1.82) is 0 Å². The van der Waals surface area contributed by atoms with Crippen LogP contribution < -0.4 is 9.47 Å². The van der Waals surface area contributed by atoms with Crippen LogP contribution in [0.1, 0.15) is 16.7 Å². The molecule has 0 aliphatic rings. The van der Waals surface area contributed by atoms with Crippen molar-refractivity contribution in [2.75, 3.05) is 19.5 Å². The quantitative estimate of drug-likeness (QED) is 0.429. The first-order valence-corrected chi connectivity index (χ1v) is 12.1. The number of aliphatic carboxylic acids is 1. The molecule has 0 heterocycles. The van der Waals surface area contributed by atoms with Crippen LogP contribution in [0, 0.1) is 6.92 Å². The Labute approximate surface area is 200 Å². The molecule has 35 heavy (non-hydrogen) atoms. The average molecular weight is 509 g/mol. The molecule has 0 aromatic heterocycles. The molecular weight excluding hydrogens is 485 g/mol. The first kappa shape index (κ1) is 26.1. The number of carboxylic acids is 1. The molecule has 6 nitrogen and oxygen atoms in total. The van der Waals surface area contributed by atoms with Gasteiger partial charge in [0.15, 0.2) is 16.4 Å². The molecule has 3 rings (SSSR count). The highest BCUT2D eigenvalue weighted by Gasteiger charge is 2.30. The molecule has 1 N–H and O–H groups in total. The van der Waals surface area contributed by atoms with Crippen LogP contribution in [-0.4, -0.2) is 39.0 Å². The maximum Gasteiger partial charge on any atom is 0.416 e. The molecule has 3 aromatic rings. The third-order valence-corrected chi connectivity index (χ3v) is 7.04. The lowest BCUT2D eigenvalue weighted by Crippen LogP contribution is -2.13. The van der Waals surface area contributed by atoms with E-state index in [9.17, 15) is 26.4 Å². The monoisotopic (exact) mass is 508 g/mol. The van der Waals surface area contributed by atoms with E-state index in [1.807, 2.05) is 0 Å². The molecule has 0 fully saturated rings. The van der Waals surface area contributed by atoms with Gasteiger partial charge in [-0.2, -0.15) is 13.2 Å². The molecule has 0 saturated heterocycles. The summed E-state index contributed by atoms with van der Waals surface area (Å²) in [5.74, 6) is -1.11. The number of carbonyl (C=O) groups is 1. The maximum atomic E-state index is 13.0. The lowest BCUT2D eigenvalue weighted by atomic mass is 10.0. The van der Waals surface area contributed by atoms with Crippen molar-refractivity contribution in [3.05, 3.63) is 77.4 Å². The Bertz CT molecular complexity index is 1300. The van der Waals surface area contributed by atoms with Gasteiger partial charge in [0, 0.05) is 6.07 Å². The number of hydrogen-bond acceptors (Lipinski definition) is 5. The standard InChI is InChI=1S/C25H23F3O6S/c1-16-13-23(22(33-2)14-21(16)34-15-24(29)30)35(31,32)12-11-17-3-5-18(6-4-17)19-7-9-20(10-8-19)25(26,27)28/h3-10,13-14H,11-12,15H2,1-2H3,(H,29,30). The molecule has 0 saturated carbocycles. The van der Waals surface area contributed by atoms with Crippen LogP contribution in [0.4, 0.5) is 13.2 Å². The minimum absolute atomic E-state index is 0.0263. The summed E-state index contributed by atoms with van der Waals surface area (Å²) >= 11 is 0. The van der Waals surface area contributed by atoms with E-state index in [-0.39, 0.29) is 28.6 Å². The molecule has 0 amide bonds. The second-order valence-electron chi connectivity index (χ2n) is 7.79. The Balaban J connectivity index is 1.73. The number of halogens is 3. The van der Waals surface area contributed by atoms with Gasteiger partial charge in [-0.3, -0.25) is 0 Å². The zero-order valence-electron chi connectivity index (χ0n) is 18.9. The van der Waals surface area contributed by atoms with E-state index >= 15 is 0 Å². The van der Waals surface area contributed by atoms with E-state index in [1.54, 1.807) is 31.2 Å². The third-order valence-electron chi connectivity index (χ3n) is 5.31. The summed E-state index contributed by atoms with van der Waals surface area (Å²) in [5.41, 5.74) is 1.78. The summed E-state index contributed by atoms with van der Waals surface area (Å²) in [7, 11) is -2.45. The summed E-state index contributed by atoms with van der Waals surface area (Å²) in [5, 5.41) is 8.78. The SMILES string of the molecule is COc1cc(OCC(=O)O)c(C)cc1S(=O)(=O)CCc1ccc(-c2ccc(C(F)(F)F)cc2)cc1. The van der Waals surface area contributed by atoms with Crippen LogP contribution in [0.5, 0.6) is 11.5 Å². The van der Waals surface area contributed by atoms with Crippen molar-refractivity contribution < 1.29 is 41.0 Å². The maximum absolute atomic E-state index is 13.0. The number of rotatable bonds is 9. The highest BCUT2D eigenvalue weighted by molar-refractivity contribution is 7.91. The summed E-state index contributed by atoms with van der Waals surface area (Å²) in [4.78, 5) is 10.7. The zero-order chi connectivity index (χ0) is 25.8. The van der Waals surface area contributed by atoms with E-state index in [1.165, 1.54) is 31.4 Å². The van der Waals surface area contributed by atoms with E-state index in [0.717, 1.165) is 17.7 Å². The van der Waals surface area contributed by atoms with Crippen molar-refractivity contribution in [3.8, 4) is 22.6 Å². The fraction of sp³-hybridized carbons (Fsp3) is 0.240. The van der Waals surface area contributed by atoms with Crippen LogP contribution in [0.2, 0.25) is 0 Å². The van der Waals surface area contributed by atoms with Gasteiger partial charge in [0.2, 0.25) is 0 Å². The first-order chi connectivity index (χ1) is 16.4. The highest BCUT2D eigenvalue weighted by atomic mass is 32.2. The smallest absolute Gasteiger partial charge is 0.416 e. The number of aryl methyl sites for hydroxylation is 2. The number of benzene rings is 3. The van der Waals surface area contributed by atoms with Crippen LogP contribution >= 0.6 is 0 Å². The first-order valence-electron chi connectivity index (χ1n) is 10.4. The van der Waals surface area contributed by atoms with Gasteiger partial charge in [-0.1, -0.05) is 36.4 Å². The third kappa shape index (κ3) is 6.54. The number of carboxylic acid groups (broad SMARTS) is 1. The largest absolute Gasteiger partial charge is 0.495 e. The molecular formula is C25H23F3O6S. The van der Waals surface area contributed by atoms with Crippen LogP contribution in [0.25, 0.3) is 11.1 Å². The van der Waals surface area contributed by atoms with Gasteiger partial charge in [-0.25, -0.2) is 13.2 Å². The normalized spacial score (nSPS) is 11.8. The predicted molar refractivity (Wildman–Crippen MR) is 123 cm³/mol. The van der Waals surface area contributed by atoms with Gasteiger partial charge in [-0.05, 0) is 53.8 Å². The summed E-state index contributed by atoms with van der Waals surface area (Å²) in [6.45, 7) is 1.04. The average Bonchev–Trinajstić information content (AvgIpc) is 2.81. The van der Waals surface area contributed by atoms with Crippen molar-refractivity contribution >= 4 is 15.8 Å². The van der Waals surface area contributed by atoms with Crippen LogP contribution in [0.15, 0.2) is 65.6 Å². The molecule has 0 radical (unpaired) electrons. The molecule has 10 heteroatoms. The van der Waals surface area contributed by atoms with E-state index in [2.05, 4.69) is 0 Å². The molecule has 0 bridgehead atoms. The fourth-order valence-electron chi connectivity index (χ4n) is 3.42. The molecule has 186 valence electrons. The fourth-order valence-corrected chi connectivity index (χ4v) is 4.95. The van der Waals surface area contributed by atoms with E-state index in [4.69, 9.17) is 14.6 Å². The topological polar surface area (TPSA) is 89.9 Å². The van der Waals surface area contributed by atoms with Crippen molar-refractivity contribution in [3.63, 3.8) is 0 Å². The van der Waals surface area contributed by atoms with Gasteiger partial charge >= 0.3 is 12.1 Å². The number of sulfone groups is 1. The highest BCUT2D eigenvalue weighted by Crippen LogP contribution is 2.33. The summed E-state index contributed by atoms with van der Waals surface area (Å²) < 4.78 is 74.6. The lowest BCUT2D eigenvalue weighted by Gasteiger charge is -2.14. The number of alkyl halides is 3. The van der Waals surface area contributed by atoms with E-state index in [0.29, 0.717) is 16.7 Å². The molecule has 3 aromatic carbocycles. The number of methoxy groups -OCH3 is 1. The van der Waals surface area contributed by atoms with Crippen molar-refractivity contribution in [1.82, 2.24) is 0 Å². The Hall–Kier alpha value is -3.53. The predicted octanol–water partition coefficient (Wildman–Crippen LogP) is 5.17. The van der Waals surface area contributed by atoms with Gasteiger partial charge in [0.25, 0.3) is 0 Å². The van der Waals surface area contributed by atoms with Crippen molar-refractivity contribution in [2.45, 2.75) is 24.4 Å². The minimum Gasteiger partial charge on any atom is -0.495 e. The molecule has 0 spiro atoms. The van der Waals surface area contributed by atoms with Crippen molar-refractivity contribution in [2.24, 2.45) is 0 Å². The molecule has 0 atom stereocenters. The Morgan fingerprint density at radius 3 is 2.03 bits per heavy atom. The number of hydrogen-bond donors (Lipinski definition) is 1. The zero-order valence-corrected chi connectivity index (χ0v) is 19.7. The van der Waals surface area contributed by atoms with Crippen LogP contribution in [0.3, 0.4) is 0 Å². The summed E-state index contributed by atoms with van der Waals surface area (Å²) in [6.07, 6.45) is -4.20. The van der Waals surface area contributed by atoms with Crippen LogP contribution in [-0.2, 0) is 27.2 Å². The Morgan fingerprint density at radius 1 is 0.943 bits per heavy atom. The molecule has 0 aliphatic carbocycles. The molecule has 0 unspecified atom stereocenters. The second-order valence-corrected chi connectivity index (χ2v) is 9.87. The van der Waals surface area contributed by atoms with Gasteiger partial charge in [-0.15, -0.1) is 0 Å². The number of ether oxygens (including phenoxy) is 2. The van der Waals surface area contributed by atoms with E-state index < -0.39 is 34.2 Å². The van der Waals surface area contributed by atoms with Gasteiger partial charge in [0.05, 0.1) is 18.4 Å². The lowest BCUT2D eigenvalue weighted by molar-refractivity contribution is -0.139. The minimum atomic E-state index is -4.40. The van der Waals surface area contributed by atoms with Gasteiger partial charge in [0.1, 0.15) is 16.4 Å². The second kappa shape index (κ2) is 10.4. The Morgan fingerprint density at radius 2 is 1.51 bits per heavy atom. The van der Waals surface area contributed by atoms with Gasteiger partial charge < -0.3 is 14.6 Å².